The highest BCUT2D eigenvalue weighted by molar-refractivity contribution is 7.37. The van der Waals surface area contributed by atoms with Gasteiger partial charge in [-0.2, -0.15) is 0 Å². The first-order valence-electron chi connectivity index (χ1n) is 7.54. The van der Waals surface area contributed by atoms with E-state index in [2.05, 4.69) is 27.7 Å². The van der Waals surface area contributed by atoms with Crippen LogP contribution in [0.2, 0.25) is 0 Å². The molecule has 16 heavy (non-hydrogen) atoms. The lowest BCUT2D eigenvalue weighted by Crippen LogP contribution is -1.83. The lowest BCUT2D eigenvalue weighted by Gasteiger charge is -2.01. The molecule has 0 atom stereocenters. The minimum absolute atomic E-state index is 1.25. The Hall–Kier alpha value is 0.430. The zero-order valence-electron chi connectivity index (χ0n) is 12.3. The molecule has 0 amide bonds. The molecule has 0 nitrogen and oxygen atoms in total. The van der Waals surface area contributed by atoms with Crippen molar-refractivity contribution in [2.75, 3.05) is 12.3 Å². The van der Waals surface area contributed by atoms with Crippen LogP contribution in [0.3, 0.4) is 0 Å². The molecule has 0 aliphatic heterocycles. The van der Waals surface area contributed by atoms with E-state index in [1.165, 1.54) is 78.7 Å². The van der Waals surface area contributed by atoms with Gasteiger partial charge in [0.15, 0.2) is 0 Å². The standard InChI is InChI=1S/C12H27P.C3H8/c1-3-5-7-9-11-13-12-10-8-6-4-2;1-3-2/h13H,3-12H2,1-2H3;3H2,1-2H3. The molecular formula is C15H35P. The van der Waals surface area contributed by atoms with Gasteiger partial charge in [0.05, 0.1) is 0 Å². The van der Waals surface area contributed by atoms with Crippen LogP contribution in [0.15, 0.2) is 0 Å². The average molecular weight is 246 g/mol. The zero-order valence-corrected chi connectivity index (χ0v) is 13.3. The normalized spacial score (nSPS) is 9.75. The largest absolute Gasteiger partial charge is 0.122 e. The fraction of sp³-hybridized carbons (Fsp3) is 1.00. The molecule has 0 bridgehead atoms. The number of hydrogen-bond acceptors (Lipinski definition) is 0. The van der Waals surface area contributed by atoms with Crippen molar-refractivity contribution in [2.45, 2.75) is 85.5 Å². The van der Waals surface area contributed by atoms with Gasteiger partial charge in [-0.3, -0.25) is 0 Å². The zero-order chi connectivity index (χ0) is 12.5. The SMILES string of the molecule is CCC.CCCCCCPCCCCCC. The minimum Gasteiger partial charge on any atom is -0.122 e. The Balaban J connectivity index is 0. The van der Waals surface area contributed by atoms with Crippen molar-refractivity contribution < 1.29 is 0 Å². The van der Waals surface area contributed by atoms with E-state index in [4.69, 9.17) is 0 Å². The van der Waals surface area contributed by atoms with Crippen LogP contribution in [-0.2, 0) is 0 Å². The molecular weight excluding hydrogens is 211 g/mol. The van der Waals surface area contributed by atoms with Crippen molar-refractivity contribution in [1.29, 1.82) is 0 Å². The Bertz CT molecular complexity index is 81.4. The van der Waals surface area contributed by atoms with Crippen molar-refractivity contribution in [1.82, 2.24) is 0 Å². The molecule has 0 aromatic heterocycles. The Kier molecular flexibility index (Phi) is 24.4. The van der Waals surface area contributed by atoms with Crippen LogP contribution in [0, 0.1) is 0 Å². The third kappa shape index (κ3) is 23.9. The van der Waals surface area contributed by atoms with E-state index < -0.39 is 0 Å². The van der Waals surface area contributed by atoms with E-state index in [0.29, 0.717) is 0 Å². The minimum atomic E-state index is 1.25. The second-order valence-electron chi connectivity index (χ2n) is 4.58. The van der Waals surface area contributed by atoms with Crippen molar-refractivity contribution in [3.63, 3.8) is 0 Å². The van der Waals surface area contributed by atoms with Crippen molar-refractivity contribution in [2.24, 2.45) is 0 Å². The fourth-order valence-corrected chi connectivity index (χ4v) is 2.73. The Morgan fingerprint density at radius 2 is 0.938 bits per heavy atom. The average Bonchev–Trinajstić information content (AvgIpc) is 2.28. The van der Waals surface area contributed by atoms with Gasteiger partial charge in [-0.15, -0.1) is 8.58 Å². The van der Waals surface area contributed by atoms with Gasteiger partial charge in [-0.05, 0) is 25.2 Å². The van der Waals surface area contributed by atoms with E-state index in [1.54, 1.807) is 0 Å². The highest BCUT2D eigenvalue weighted by atomic mass is 31.1. The monoisotopic (exact) mass is 246 g/mol. The summed E-state index contributed by atoms with van der Waals surface area (Å²) in [5.74, 6) is 0. The van der Waals surface area contributed by atoms with Gasteiger partial charge in [0.1, 0.15) is 0 Å². The number of unbranched alkanes of at least 4 members (excludes halogenated alkanes) is 6. The molecule has 0 saturated carbocycles. The van der Waals surface area contributed by atoms with Crippen LogP contribution in [0.25, 0.3) is 0 Å². The van der Waals surface area contributed by atoms with E-state index >= 15 is 0 Å². The Labute approximate surface area is 107 Å². The summed E-state index contributed by atoms with van der Waals surface area (Å²) in [4.78, 5) is 0. The second kappa shape index (κ2) is 20.8. The summed E-state index contributed by atoms with van der Waals surface area (Å²) in [6.07, 6.45) is 15.8. The van der Waals surface area contributed by atoms with Crippen LogP contribution >= 0.6 is 8.58 Å². The summed E-state index contributed by atoms with van der Waals surface area (Å²) in [6, 6.07) is 0. The summed E-state index contributed by atoms with van der Waals surface area (Å²) in [5, 5.41) is 0. The molecule has 0 aromatic carbocycles. The van der Waals surface area contributed by atoms with Gasteiger partial charge in [0.2, 0.25) is 0 Å². The fourth-order valence-electron chi connectivity index (χ4n) is 1.48. The van der Waals surface area contributed by atoms with Crippen LogP contribution in [0.5, 0.6) is 0 Å². The van der Waals surface area contributed by atoms with Gasteiger partial charge >= 0.3 is 0 Å². The maximum absolute atomic E-state index is 2.28. The van der Waals surface area contributed by atoms with Crippen LogP contribution in [0.4, 0.5) is 0 Å². The summed E-state index contributed by atoms with van der Waals surface area (Å²) >= 11 is 0. The Morgan fingerprint density at radius 3 is 1.25 bits per heavy atom. The van der Waals surface area contributed by atoms with Gasteiger partial charge < -0.3 is 0 Å². The van der Waals surface area contributed by atoms with E-state index in [9.17, 15) is 0 Å². The second-order valence-corrected chi connectivity index (χ2v) is 6.08. The van der Waals surface area contributed by atoms with E-state index in [-0.39, 0.29) is 0 Å². The third-order valence-corrected chi connectivity index (χ3v) is 3.83. The molecule has 0 rings (SSSR count). The summed E-state index contributed by atoms with van der Waals surface area (Å²) in [5.41, 5.74) is 0. The summed E-state index contributed by atoms with van der Waals surface area (Å²) < 4.78 is 0. The predicted octanol–water partition coefficient (Wildman–Crippen LogP) is 6.24. The molecule has 0 aliphatic carbocycles. The molecule has 1 heteroatoms. The van der Waals surface area contributed by atoms with Gasteiger partial charge in [0.25, 0.3) is 0 Å². The summed E-state index contributed by atoms with van der Waals surface area (Å²) in [6.45, 7) is 8.82. The molecule has 0 aliphatic rings. The topological polar surface area (TPSA) is 0 Å². The number of hydrogen-bond donors (Lipinski definition) is 0. The molecule has 0 fully saturated rings. The van der Waals surface area contributed by atoms with Crippen LogP contribution in [-0.4, -0.2) is 12.3 Å². The Morgan fingerprint density at radius 1 is 0.562 bits per heavy atom. The predicted molar refractivity (Wildman–Crippen MR) is 82.3 cm³/mol. The first kappa shape index (κ1) is 18.8. The van der Waals surface area contributed by atoms with Crippen molar-refractivity contribution in [3.05, 3.63) is 0 Å². The lowest BCUT2D eigenvalue weighted by molar-refractivity contribution is 0.698. The first-order chi connectivity index (χ1) is 7.83. The lowest BCUT2D eigenvalue weighted by atomic mass is 10.2. The molecule has 0 saturated heterocycles. The molecule has 0 N–H and O–H groups in total. The smallest absolute Gasteiger partial charge is 0.0353 e. The molecule has 0 spiro atoms. The first-order valence-corrected chi connectivity index (χ1v) is 8.95. The van der Waals surface area contributed by atoms with Crippen LogP contribution in [0.1, 0.15) is 85.5 Å². The van der Waals surface area contributed by atoms with Gasteiger partial charge in [-0.1, -0.05) is 72.6 Å². The molecule has 100 valence electrons. The maximum Gasteiger partial charge on any atom is -0.0353 e. The van der Waals surface area contributed by atoms with Crippen molar-refractivity contribution >= 4 is 8.58 Å². The van der Waals surface area contributed by atoms with Crippen LogP contribution < -0.4 is 0 Å². The molecule has 0 aromatic rings. The van der Waals surface area contributed by atoms with Gasteiger partial charge in [0, 0.05) is 0 Å². The number of rotatable bonds is 10. The summed E-state index contributed by atoms with van der Waals surface area (Å²) in [7, 11) is 1.25. The quantitative estimate of drug-likeness (QED) is 0.316. The van der Waals surface area contributed by atoms with E-state index in [0.717, 1.165) is 0 Å². The third-order valence-electron chi connectivity index (χ3n) is 2.41. The van der Waals surface area contributed by atoms with Crippen molar-refractivity contribution in [3.8, 4) is 0 Å². The molecule has 0 heterocycles. The highest BCUT2D eigenvalue weighted by Crippen LogP contribution is 2.16. The maximum atomic E-state index is 2.28. The molecule has 0 unspecified atom stereocenters. The van der Waals surface area contributed by atoms with E-state index in [1.807, 2.05) is 0 Å². The highest BCUT2D eigenvalue weighted by Gasteiger charge is 1.90. The molecule has 0 radical (unpaired) electrons. The van der Waals surface area contributed by atoms with Gasteiger partial charge in [-0.25, -0.2) is 0 Å².